The lowest BCUT2D eigenvalue weighted by atomic mass is 10.1. The van der Waals surface area contributed by atoms with Crippen molar-refractivity contribution in [3.05, 3.63) is 107 Å². The maximum atomic E-state index is 12.7. The van der Waals surface area contributed by atoms with E-state index in [1.165, 1.54) is 11.8 Å². The van der Waals surface area contributed by atoms with Crippen LogP contribution in [0.3, 0.4) is 0 Å². The molecule has 3 aromatic carbocycles. The monoisotopic (exact) mass is 483 g/mol. The van der Waals surface area contributed by atoms with Crippen molar-refractivity contribution in [3.8, 4) is 0 Å². The second kappa shape index (κ2) is 11.8. The molecule has 35 heavy (non-hydrogen) atoms. The summed E-state index contributed by atoms with van der Waals surface area (Å²) in [6.07, 6.45) is 3.76. The number of hydrogen-bond donors (Lipinski definition) is 3. The molecule has 0 spiro atoms. The van der Waals surface area contributed by atoms with Gasteiger partial charge in [-0.1, -0.05) is 90.1 Å². The molecule has 8 heteroatoms. The minimum absolute atomic E-state index is 0.110. The molecule has 7 nitrogen and oxygen atoms in total. The van der Waals surface area contributed by atoms with E-state index >= 15 is 0 Å². The summed E-state index contributed by atoms with van der Waals surface area (Å²) in [5, 5.41) is 13.2. The van der Waals surface area contributed by atoms with Crippen LogP contribution in [0.15, 0.2) is 84.0 Å². The Morgan fingerprint density at radius 3 is 2.49 bits per heavy atom. The lowest BCUT2D eigenvalue weighted by Gasteiger charge is -2.11. The number of thioether (sulfide) groups is 1. The number of benzene rings is 3. The molecule has 0 aliphatic heterocycles. The number of nitrogens with zero attached hydrogens (tertiary/aromatic N) is 2. The first-order chi connectivity index (χ1) is 17.1. The van der Waals surface area contributed by atoms with Gasteiger partial charge in [0.1, 0.15) is 5.82 Å². The minimum atomic E-state index is -0.252. The molecular formula is C27H25N5O2S. The number of hydrogen-bond acceptors (Lipinski definition) is 5. The third kappa shape index (κ3) is 7.15. The Morgan fingerprint density at radius 2 is 1.69 bits per heavy atom. The number of H-pyrrole nitrogens is 1. The molecule has 0 aliphatic carbocycles. The third-order valence-corrected chi connectivity index (χ3v) is 5.91. The van der Waals surface area contributed by atoms with Gasteiger partial charge in [0.2, 0.25) is 11.1 Å². The summed E-state index contributed by atoms with van der Waals surface area (Å²) < 4.78 is 0. The molecule has 4 aromatic rings. The third-order valence-electron chi connectivity index (χ3n) is 5.07. The van der Waals surface area contributed by atoms with Gasteiger partial charge in [-0.2, -0.15) is 0 Å². The van der Waals surface area contributed by atoms with Crippen LogP contribution < -0.4 is 10.6 Å². The minimum Gasteiger partial charge on any atom is -0.348 e. The predicted octanol–water partition coefficient (Wildman–Crippen LogP) is 4.94. The van der Waals surface area contributed by atoms with Crippen molar-refractivity contribution in [3.63, 3.8) is 0 Å². The van der Waals surface area contributed by atoms with Crippen molar-refractivity contribution < 1.29 is 9.59 Å². The zero-order valence-electron chi connectivity index (χ0n) is 19.2. The van der Waals surface area contributed by atoms with E-state index in [9.17, 15) is 9.59 Å². The molecule has 0 saturated heterocycles. The second-order valence-electron chi connectivity index (χ2n) is 7.80. The van der Waals surface area contributed by atoms with Gasteiger partial charge < -0.3 is 10.6 Å². The Hall–Kier alpha value is -4.17. The molecule has 1 heterocycles. The van der Waals surface area contributed by atoms with Gasteiger partial charge in [0.05, 0.1) is 17.0 Å². The maximum Gasteiger partial charge on any atom is 0.253 e. The van der Waals surface area contributed by atoms with E-state index in [0.29, 0.717) is 28.8 Å². The molecule has 0 unspecified atom stereocenters. The lowest BCUT2D eigenvalue weighted by molar-refractivity contribution is -0.113. The summed E-state index contributed by atoms with van der Waals surface area (Å²) in [4.78, 5) is 29.7. The number of aryl methyl sites for hydroxylation is 1. The van der Waals surface area contributed by atoms with Crippen LogP contribution in [0.4, 0.5) is 5.69 Å². The Labute approximate surface area is 208 Å². The molecule has 176 valence electrons. The first kappa shape index (κ1) is 24.0. The van der Waals surface area contributed by atoms with Gasteiger partial charge in [0, 0.05) is 6.54 Å². The van der Waals surface area contributed by atoms with Crippen LogP contribution in [-0.2, 0) is 11.3 Å². The average Bonchev–Trinajstić information content (AvgIpc) is 3.34. The molecule has 0 saturated carbocycles. The van der Waals surface area contributed by atoms with E-state index in [1.54, 1.807) is 24.3 Å². The van der Waals surface area contributed by atoms with Crippen molar-refractivity contribution in [1.82, 2.24) is 20.5 Å². The zero-order valence-corrected chi connectivity index (χ0v) is 20.0. The normalized spacial score (nSPS) is 10.9. The van der Waals surface area contributed by atoms with Crippen molar-refractivity contribution in [1.29, 1.82) is 0 Å². The SMILES string of the molecule is Cc1ccc(CNC(=O)c2ccccc2NC(=O)CSc2n[nH]c(/C=C/c3ccccc3)n2)cc1. The van der Waals surface area contributed by atoms with Crippen molar-refractivity contribution >= 4 is 41.4 Å². The van der Waals surface area contributed by atoms with Gasteiger partial charge in [-0.25, -0.2) is 4.98 Å². The van der Waals surface area contributed by atoms with E-state index in [1.807, 2.05) is 73.7 Å². The number of nitrogens with one attached hydrogen (secondary N) is 3. The van der Waals surface area contributed by atoms with E-state index in [0.717, 1.165) is 16.7 Å². The summed E-state index contributed by atoms with van der Waals surface area (Å²) in [5.41, 5.74) is 4.09. The van der Waals surface area contributed by atoms with Crippen LogP contribution in [0.1, 0.15) is 32.9 Å². The highest BCUT2D eigenvalue weighted by atomic mass is 32.2. The molecule has 0 atom stereocenters. The lowest BCUT2D eigenvalue weighted by Crippen LogP contribution is -2.25. The van der Waals surface area contributed by atoms with Crippen LogP contribution in [0.25, 0.3) is 12.2 Å². The number of aromatic nitrogens is 3. The Balaban J connectivity index is 1.30. The fourth-order valence-corrected chi connectivity index (χ4v) is 3.83. The van der Waals surface area contributed by atoms with Crippen LogP contribution in [0.5, 0.6) is 0 Å². The van der Waals surface area contributed by atoms with Crippen LogP contribution in [0, 0.1) is 6.92 Å². The van der Waals surface area contributed by atoms with E-state index in [2.05, 4.69) is 25.8 Å². The Bertz CT molecular complexity index is 1320. The van der Waals surface area contributed by atoms with Gasteiger partial charge in [0.25, 0.3) is 5.91 Å². The summed E-state index contributed by atoms with van der Waals surface area (Å²) in [6.45, 7) is 2.42. The molecule has 0 aliphatic rings. The number of para-hydroxylation sites is 1. The number of aromatic amines is 1. The largest absolute Gasteiger partial charge is 0.348 e. The number of carbonyl (C=O) groups is 2. The summed E-state index contributed by atoms with van der Waals surface area (Å²) in [7, 11) is 0. The quantitative estimate of drug-likeness (QED) is 0.293. The fraction of sp³-hybridized carbons (Fsp3) is 0.111. The number of rotatable bonds is 9. The van der Waals surface area contributed by atoms with Gasteiger partial charge in [-0.3, -0.25) is 14.7 Å². The maximum absolute atomic E-state index is 12.7. The number of anilines is 1. The standard InChI is InChI=1S/C27H25N5O2S/c1-19-11-13-21(14-12-19)17-28-26(34)22-9-5-6-10-23(22)29-25(33)18-35-27-30-24(31-32-27)16-15-20-7-3-2-4-8-20/h2-16H,17-18H2,1H3,(H,28,34)(H,29,33)(H,30,31,32)/b16-15+. The summed E-state index contributed by atoms with van der Waals surface area (Å²) in [5.74, 6) is 0.212. The highest BCUT2D eigenvalue weighted by Crippen LogP contribution is 2.18. The molecule has 4 rings (SSSR count). The van der Waals surface area contributed by atoms with Gasteiger partial charge >= 0.3 is 0 Å². The highest BCUT2D eigenvalue weighted by Gasteiger charge is 2.14. The average molecular weight is 484 g/mol. The van der Waals surface area contributed by atoms with Crippen LogP contribution in [-0.4, -0.2) is 32.7 Å². The van der Waals surface area contributed by atoms with Crippen molar-refractivity contribution in [2.75, 3.05) is 11.1 Å². The highest BCUT2D eigenvalue weighted by molar-refractivity contribution is 7.99. The molecular weight excluding hydrogens is 458 g/mol. The zero-order chi connectivity index (χ0) is 24.5. The smallest absolute Gasteiger partial charge is 0.253 e. The van der Waals surface area contributed by atoms with Gasteiger partial charge in [0.15, 0.2) is 0 Å². The molecule has 2 amide bonds. The first-order valence-electron chi connectivity index (χ1n) is 11.1. The van der Waals surface area contributed by atoms with E-state index in [-0.39, 0.29) is 17.6 Å². The first-order valence-corrected chi connectivity index (χ1v) is 12.1. The van der Waals surface area contributed by atoms with Gasteiger partial charge in [-0.15, -0.1) is 5.10 Å². The van der Waals surface area contributed by atoms with Crippen molar-refractivity contribution in [2.24, 2.45) is 0 Å². The number of carbonyl (C=O) groups excluding carboxylic acids is 2. The van der Waals surface area contributed by atoms with Gasteiger partial charge in [-0.05, 0) is 36.3 Å². The summed E-state index contributed by atoms with van der Waals surface area (Å²) >= 11 is 1.21. The predicted molar refractivity (Wildman–Crippen MR) is 140 cm³/mol. The van der Waals surface area contributed by atoms with Crippen molar-refractivity contribution in [2.45, 2.75) is 18.6 Å². The van der Waals surface area contributed by atoms with Crippen LogP contribution >= 0.6 is 11.8 Å². The topological polar surface area (TPSA) is 99.8 Å². The van der Waals surface area contributed by atoms with E-state index < -0.39 is 0 Å². The Kier molecular flexibility index (Phi) is 8.08. The molecule has 0 fully saturated rings. The van der Waals surface area contributed by atoms with E-state index in [4.69, 9.17) is 0 Å². The molecule has 0 bridgehead atoms. The number of amides is 2. The fourth-order valence-electron chi connectivity index (χ4n) is 3.23. The molecule has 1 aromatic heterocycles. The molecule has 0 radical (unpaired) electrons. The van der Waals surface area contributed by atoms with Crippen LogP contribution in [0.2, 0.25) is 0 Å². The summed E-state index contributed by atoms with van der Waals surface area (Å²) in [6, 6.07) is 24.8. The second-order valence-corrected chi connectivity index (χ2v) is 8.74. The Morgan fingerprint density at radius 1 is 0.943 bits per heavy atom. The molecule has 3 N–H and O–H groups in total.